The van der Waals surface area contributed by atoms with E-state index in [1.165, 1.54) is 5.56 Å². The summed E-state index contributed by atoms with van der Waals surface area (Å²) in [5.74, 6) is -0.130. The Morgan fingerprint density at radius 1 is 1.04 bits per heavy atom. The highest BCUT2D eigenvalue weighted by molar-refractivity contribution is 6.05. The van der Waals surface area contributed by atoms with Crippen LogP contribution in [0.1, 0.15) is 40.9 Å². The molecule has 0 fully saturated rings. The van der Waals surface area contributed by atoms with Gasteiger partial charge in [-0.3, -0.25) is 9.78 Å². The quantitative estimate of drug-likeness (QED) is 0.617. The average molecular weight is 374 g/mol. The van der Waals surface area contributed by atoms with Crippen molar-refractivity contribution in [2.45, 2.75) is 33.7 Å². The molecule has 0 aliphatic carbocycles. The van der Waals surface area contributed by atoms with Crippen LogP contribution >= 0.6 is 0 Å². The Morgan fingerprint density at radius 2 is 1.82 bits per heavy atom. The summed E-state index contributed by atoms with van der Waals surface area (Å²) in [5.41, 5.74) is 5.84. The molecule has 0 spiro atoms. The maximum atomic E-state index is 12.9. The molecule has 1 amide bonds. The second kappa shape index (κ2) is 9.18. The van der Waals surface area contributed by atoms with Gasteiger partial charge >= 0.3 is 0 Å². The van der Waals surface area contributed by atoms with Crippen LogP contribution in [0, 0.1) is 6.92 Å². The van der Waals surface area contributed by atoms with Gasteiger partial charge in [0.1, 0.15) is 0 Å². The molecule has 4 nitrogen and oxygen atoms in total. The molecule has 0 atom stereocenters. The number of nitrogens with one attached hydrogen (secondary N) is 1. The van der Waals surface area contributed by atoms with Gasteiger partial charge in [0.15, 0.2) is 0 Å². The largest absolute Gasteiger partial charge is 0.366 e. The topological polar surface area (TPSA) is 45.2 Å². The van der Waals surface area contributed by atoms with Crippen LogP contribution in [0.5, 0.6) is 0 Å². The molecule has 1 heterocycles. The van der Waals surface area contributed by atoms with Crippen LogP contribution in [-0.4, -0.2) is 17.4 Å². The van der Waals surface area contributed by atoms with E-state index < -0.39 is 0 Å². The number of carbonyl (C=O) groups is 1. The Hall–Kier alpha value is -3.14. The van der Waals surface area contributed by atoms with Crippen molar-refractivity contribution >= 4 is 17.3 Å². The van der Waals surface area contributed by atoms with Crippen LogP contribution in [0.25, 0.3) is 0 Å². The van der Waals surface area contributed by atoms with Gasteiger partial charge in [-0.1, -0.05) is 55.5 Å². The second-order valence-corrected chi connectivity index (χ2v) is 6.85. The normalized spacial score (nSPS) is 10.5. The number of benzene rings is 2. The van der Waals surface area contributed by atoms with Crippen molar-refractivity contribution in [3.63, 3.8) is 0 Å². The highest BCUT2D eigenvalue weighted by Crippen LogP contribution is 2.23. The fraction of sp³-hybridized carbons (Fsp3) is 0.250. The van der Waals surface area contributed by atoms with Gasteiger partial charge < -0.3 is 10.2 Å². The van der Waals surface area contributed by atoms with Crippen molar-refractivity contribution in [1.82, 2.24) is 4.98 Å². The first-order valence-corrected chi connectivity index (χ1v) is 9.76. The van der Waals surface area contributed by atoms with Gasteiger partial charge in [0.25, 0.3) is 5.91 Å². The van der Waals surface area contributed by atoms with Gasteiger partial charge in [0, 0.05) is 25.0 Å². The zero-order valence-corrected chi connectivity index (χ0v) is 16.8. The van der Waals surface area contributed by atoms with Crippen molar-refractivity contribution in [2.24, 2.45) is 0 Å². The Labute approximate surface area is 167 Å². The molecule has 0 radical (unpaired) electrons. The third kappa shape index (κ3) is 4.58. The van der Waals surface area contributed by atoms with Crippen molar-refractivity contribution in [2.75, 3.05) is 16.8 Å². The number of aryl methyl sites for hydroxylation is 2. The van der Waals surface area contributed by atoms with Crippen molar-refractivity contribution in [1.29, 1.82) is 0 Å². The standard InChI is InChI=1S/C24H27N3O/c1-4-20-13-9-10-18(3)23(20)26-24(28)21-14-22(16-25-15-21)27(5-2)17-19-11-7-6-8-12-19/h6-16H,4-5,17H2,1-3H3,(H,26,28). The fourth-order valence-electron chi connectivity index (χ4n) is 3.30. The molecule has 4 heteroatoms. The van der Waals surface area contributed by atoms with Crippen molar-refractivity contribution in [3.8, 4) is 0 Å². The molecule has 28 heavy (non-hydrogen) atoms. The lowest BCUT2D eigenvalue weighted by Gasteiger charge is -2.23. The first kappa shape index (κ1) is 19.6. The molecule has 0 saturated heterocycles. The van der Waals surface area contributed by atoms with Gasteiger partial charge in [-0.2, -0.15) is 0 Å². The van der Waals surface area contributed by atoms with E-state index in [1.54, 1.807) is 6.20 Å². The molecule has 144 valence electrons. The molecule has 2 aromatic carbocycles. The minimum Gasteiger partial charge on any atom is -0.366 e. The second-order valence-electron chi connectivity index (χ2n) is 6.85. The summed E-state index contributed by atoms with van der Waals surface area (Å²) in [6, 6.07) is 18.3. The molecule has 0 aliphatic heterocycles. The van der Waals surface area contributed by atoms with Crippen LogP contribution < -0.4 is 10.2 Å². The molecule has 3 rings (SSSR count). The maximum Gasteiger partial charge on any atom is 0.257 e. The van der Waals surface area contributed by atoms with Crippen LogP contribution in [0.15, 0.2) is 67.0 Å². The average Bonchev–Trinajstić information content (AvgIpc) is 2.74. The maximum absolute atomic E-state index is 12.9. The summed E-state index contributed by atoms with van der Waals surface area (Å²) in [6.45, 7) is 7.83. The molecular formula is C24H27N3O. The summed E-state index contributed by atoms with van der Waals surface area (Å²) >= 11 is 0. The third-order valence-electron chi connectivity index (χ3n) is 4.93. The Balaban J connectivity index is 1.81. The lowest BCUT2D eigenvalue weighted by Crippen LogP contribution is -2.23. The summed E-state index contributed by atoms with van der Waals surface area (Å²) < 4.78 is 0. The van der Waals surface area contributed by atoms with E-state index in [2.05, 4.69) is 47.2 Å². The monoisotopic (exact) mass is 373 g/mol. The Kier molecular flexibility index (Phi) is 6.43. The van der Waals surface area contributed by atoms with E-state index in [0.29, 0.717) is 5.56 Å². The first-order valence-electron chi connectivity index (χ1n) is 9.76. The van der Waals surface area contributed by atoms with Gasteiger partial charge in [0.05, 0.1) is 17.4 Å². The number of nitrogens with zero attached hydrogens (tertiary/aromatic N) is 2. The molecule has 0 aliphatic rings. The number of pyridine rings is 1. The minimum absolute atomic E-state index is 0.130. The predicted molar refractivity (Wildman–Crippen MR) is 116 cm³/mol. The summed E-state index contributed by atoms with van der Waals surface area (Å²) in [5, 5.41) is 3.08. The number of hydrogen-bond donors (Lipinski definition) is 1. The first-order chi connectivity index (χ1) is 13.6. The molecule has 0 bridgehead atoms. The number of rotatable bonds is 7. The molecule has 0 unspecified atom stereocenters. The number of amides is 1. The van der Waals surface area contributed by atoms with Gasteiger partial charge in [0.2, 0.25) is 0 Å². The molecule has 0 saturated carbocycles. The van der Waals surface area contributed by atoms with Crippen LogP contribution in [0.2, 0.25) is 0 Å². The Bertz CT molecular complexity index is 938. The molecule has 3 aromatic rings. The summed E-state index contributed by atoms with van der Waals surface area (Å²) in [7, 11) is 0. The third-order valence-corrected chi connectivity index (χ3v) is 4.93. The summed E-state index contributed by atoms with van der Waals surface area (Å²) in [4.78, 5) is 19.4. The minimum atomic E-state index is -0.130. The highest BCUT2D eigenvalue weighted by Gasteiger charge is 2.13. The number of para-hydroxylation sites is 1. The number of carbonyl (C=O) groups excluding carboxylic acids is 1. The van der Waals surface area contributed by atoms with E-state index in [-0.39, 0.29) is 5.91 Å². The zero-order chi connectivity index (χ0) is 19.9. The zero-order valence-electron chi connectivity index (χ0n) is 16.8. The van der Waals surface area contributed by atoms with E-state index in [0.717, 1.165) is 42.0 Å². The van der Waals surface area contributed by atoms with E-state index in [4.69, 9.17) is 0 Å². The van der Waals surface area contributed by atoms with Gasteiger partial charge in [-0.15, -0.1) is 0 Å². The molecule has 1 N–H and O–H groups in total. The SMILES string of the molecule is CCc1cccc(C)c1NC(=O)c1cncc(N(CC)Cc2ccccc2)c1. The van der Waals surface area contributed by atoms with E-state index >= 15 is 0 Å². The van der Waals surface area contributed by atoms with Gasteiger partial charge in [-0.25, -0.2) is 0 Å². The smallest absolute Gasteiger partial charge is 0.257 e. The van der Waals surface area contributed by atoms with E-state index in [1.807, 2.05) is 49.5 Å². The van der Waals surface area contributed by atoms with E-state index in [9.17, 15) is 4.79 Å². The predicted octanol–water partition coefficient (Wildman–Crippen LogP) is 5.23. The van der Waals surface area contributed by atoms with Crippen LogP contribution in [-0.2, 0) is 13.0 Å². The van der Waals surface area contributed by atoms with Crippen molar-refractivity contribution in [3.05, 3.63) is 89.2 Å². The van der Waals surface area contributed by atoms with Crippen LogP contribution in [0.4, 0.5) is 11.4 Å². The fourth-order valence-corrected chi connectivity index (χ4v) is 3.30. The number of aromatic nitrogens is 1. The van der Waals surface area contributed by atoms with Crippen molar-refractivity contribution < 1.29 is 4.79 Å². The van der Waals surface area contributed by atoms with Gasteiger partial charge in [-0.05, 0) is 43.0 Å². The number of anilines is 2. The summed E-state index contributed by atoms with van der Waals surface area (Å²) in [6.07, 6.45) is 4.31. The lowest BCUT2D eigenvalue weighted by atomic mass is 10.1. The Morgan fingerprint density at radius 3 is 2.54 bits per heavy atom. The molecular weight excluding hydrogens is 346 g/mol. The highest BCUT2D eigenvalue weighted by atomic mass is 16.1. The van der Waals surface area contributed by atoms with Crippen LogP contribution in [0.3, 0.4) is 0 Å². The number of hydrogen-bond acceptors (Lipinski definition) is 3. The molecule has 1 aromatic heterocycles. The lowest BCUT2D eigenvalue weighted by molar-refractivity contribution is 0.102.